The third-order valence-electron chi connectivity index (χ3n) is 7.39. The summed E-state index contributed by atoms with van der Waals surface area (Å²) in [5.41, 5.74) is 6.32. The number of aromatic nitrogens is 1. The van der Waals surface area contributed by atoms with Gasteiger partial charge in [0.05, 0.1) is 5.54 Å². The third-order valence-corrected chi connectivity index (χ3v) is 7.39. The van der Waals surface area contributed by atoms with E-state index in [4.69, 9.17) is 0 Å². The van der Waals surface area contributed by atoms with E-state index in [0.29, 0.717) is 0 Å². The Balaban J connectivity index is 1.78. The van der Waals surface area contributed by atoms with Crippen LogP contribution in [0.25, 0.3) is 10.9 Å². The van der Waals surface area contributed by atoms with Gasteiger partial charge in [0.2, 0.25) is 0 Å². The van der Waals surface area contributed by atoms with Crippen molar-refractivity contribution in [2.75, 3.05) is 6.54 Å². The Kier molecular flexibility index (Phi) is 2.99. The van der Waals surface area contributed by atoms with Crippen LogP contribution in [0, 0.1) is 17.8 Å². The summed E-state index contributed by atoms with van der Waals surface area (Å²) in [6.07, 6.45) is 7.46. The molecular formula is C22H28N2. The minimum Gasteiger partial charge on any atom is -0.363 e. The molecule has 2 fully saturated rings. The van der Waals surface area contributed by atoms with Gasteiger partial charge in [-0.3, -0.25) is 0 Å². The lowest BCUT2D eigenvalue weighted by molar-refractivity contribution is 0.111. The lowest BCUT2D eigenvalue weighted by Gasteiger charge is -2.44. The molecule has 0 bridgehead atoms. The van der Waals surface area contributed by atoms with Crippen molar-refractivity contribution < 1.29 is 0 Å². The van der Waals surface area contributed by atoms with E-state index in [9.17, 15) is 0 Å². The molecule has 2 aliphatic heterocycles. The van der Waals surface area contributed by atoms with Crippen molar-refractivity contribution >= 4 is 10.9 Å². The maximum Gasteiger partial charge on any atom is 0.0838 e. The zero-order chi connectivity index (χ0) is 16.5. The van der Waals surface area contributed by atoms with Crippen LogP contribution < -0.4 is 0 Å². The Labute approximate surface area is 144 Å². The van der Waals surface area contributed by atoms with Gasteiger partial charge in [0.15, 0.2) is 0 Å². The molecule has 1 aromatic heterocycles. The van der Waals surface area contributed by atoms with Crippen LogP contribution in [0.2, 0.25) is 0 Å². The van der Waals surface area contributed by atoms with Crippen LogP contribution in [0.3, 0.4) is 0 Å². The monoisotopic (exact) mass is 320 g/mol. The molecule has 3 aliphatic rings. The fourth-order valence-electron chi connectivity index (χ4n) is 6.55. The van der Waals surface area contributed by atoms with Crippen LogP contribution in [-0.2, 0) is 12.0 Å². The Morgan fingerprint density at radius 1 is 1.33 bits per heavy atom. The van der Waals surface area contributed by atoms with Crippen LogP contribution in [0.4, 0.5) is 0 Å². The van der Waals surface area contributed by atoms with Crippen LogP contribution in [0.1, 0.15) is 51.3 Å². The maximum atomic E-state index is 3.89. The number of nitrogens with one attached hydrogen (secondary N) is 1. The van der Waals surface area contributed by atoms with E-state index in [-0.39, 0.29) is 5.54 Å². The Bertz CT molecular complexity index is 830. The van der Waals surface area contributed by atoms with Gasteiger partial charge in [-0.15, -0.1) is 0 Å². The van der Waals surface area contributed by atoms with Crippen molar-refractivity contribution in [1.29, 1.82) is 0 Å². The summed E-state index contributed by atoms with van der Waals surface area (Å²) in [5.74, 6) is 2.44. The predicted octanol–water partition coefficient (Wildman–Crippen LogP) is 5.21. The smallest absolute Gasteiger partial charge is 0.0838 e. The van der Waals surface area contributed by atoms with Gasteiger partial charge in [-0.1, -0.05) is 44.5 Å². The molecule has 1 aromatic carbocycles. The van der Waals surface area contributed by atoms with Crippen LogP contribution in [0.5, 0.6) is 0 Å². The Morgan fingerprint density at radius 2 is 2.17 bits per heavy atom. The SMILES string of the molecule is CC=C1CC2C(CC)C(C)CC23c2[nH]c4ccccc4c2CCN13. The summed E-state index contributed by atoms with van der Waals surface area (Å²) in [4.78, 5) is 6.68. The van der Waals surface area contributed by atoms with Gasteiger partial charge in [-0.2, -0.15) is 0 Å². The first-order valence-electron chi connectivity index (χ1n) is 9.73. The lowest BCUT2D eigenvalue weighted by atomic mass is 9.77. The first kappa shape index (κ1) is 14.6. The number of hydrogen-bond acceptors (Lipinski definition) is 1. The number of nitrogens with zero attached hydrogens (tertiary/aromatic N) is 1. The zero-order valence-electron chi connectivity index (χ0n) is 15.1. The van der Waals surface area contributed by atoms with Crippen molar-refractivity contribution in [3.05, 3.63) is 47.3 Å². The molecule has 1 saturated heterocycles. The number of allylic oxidation sites excluding steroid dienone is 2. The highest BCUT2D eigenvalue weighted by atomic mass is 15.3. The quantitative estimate of drug-likeness (QED) is 0.764. The molecule has 0 radical (unpaired) electrons. The first-order chi connectivity index (χ1) is 11.7. The van der Waals surface area contributed by atoms with Gasteiger partial charge in [0.25, 0.3) is 0 Å². The fourth-order valence-corrected chi connectivity index (χ4v) is 6.55. The molecule has 126 valence electrons. The van der Waals surface area contributed by atoms with Crippen molar-refractivity contribution in [3.63, 3.8) is 0 Å². The highest BCUT2D eigenvalue weighted by Crippen LogP contribution is 2.63. The minimum atomic E-state index is 0.231. The molecule has 5 rings (SSSR count). The second-order valence-corrected chi connectivity index (χ2v) is 8.19. The van der Waals surface area contributed by atoms with Gasteiger partial charge in [-0.25, -0.2) is 0 Å². The second-order valence-electron chi connectivity index (χ2n) is 8.19. The second kappa shape index (κ2) is 4.91. The van der Waals surface area contributed by atoms with Gasteiger partial charge in [-0.05, 0) is 55.6 Å². The predicted molar refractivity (Wildman–Crippen MR) is 99.8 cm³/mol. The first-order valence-corrected chi connectivity index (χ1v) is 9.73. The van der Waals surface area contributed by atoms with Gasteiger partial charge >= 0.3 is 0 Å². The number of H-pyrrole nitrogens is 1. The molecule has 2 heteroatoms. The van der Waals surface area contributed by atoms with Gasteiger partial charge in [0.1, 0.15) is 0 Å². The number of rotatable bonds is 1. The van der Waals surface area contributed by atoms with E-state index in [1.807, 2.05) is 0 Å². The van der Waals surface area contributed by atoms with Crippen molar-refractivity contribution in [2.45, 2.75) is 52.0 Å². The normalized spacial score (nSPS) is 36.2. The molecule has 1 saturated carbocycles. The topological polar surface area (TPSA) is 19.0 Å². The van der Waals surface area contributed by atoms with E-state index in [0.717, 1.165) is 17.8 Å². The highest BCUT2D eigenvalue weighted by molar-refractivity contribution is 5.85. The van der Waals surface area contributed by atoms with E-state index in [1.54, 1.807) is 17.0 Å². The molecule has 4 atom stereocenters. The van der Waals surface area contributed by atoms with E-state index in [2.05, 4.69) is 61.0 Å². The summed E-state index contributed by atoms with van der Waals surface area (Å²) in [7, 11) is 0. The summed E-state index contributed by atoms with van der Waals surface area (Å²) >= 11 is 0. The summed E-state index contributed by atoms with van der Waals surface area (Å²) < 4.78 is 0. The number of para-hydroxylation sites is 1. The summed E-state index contributed by atoms with van der Waals surface area (Å²) in [6, 6.07) is 8.92. The van der Waals surface area contributed by atoms with Crippen molar-refractivity contribution in [3.8, 4) is 0 Å². The minimum absolute atomic E-state index is 0.231. The van der Waals surface area contributed by atoms with Crippen molar-refractivity contribution in [1.82, 2.24) is 9.88 Å². The molecule has 3 heterocycles. The molecule has 1 spiro atoms. The van der Waals surface area contributed by atoms with E-state index < -0.39 is 0 Å². The number of benzene rings is 1. The molecule has 2 aromatic rings. The molecule has 2 nitrogen and oxygen atoms in total. The molecular weight excluding hydrogens is 292 g/mol. The zero-order valence-corrected chi connectivity index (χ0v) is 15.1. The highest BCUT2D eigenvalue weighted by Gasteiger charge is 2.62. The van der Waals surface area contributed by atoms with E-state index in [1.165, 1.54) is 43.1 Å². The largest absolute Gasteiger partial charge is 0.363 e. The van der Waals surface area contributed by atoms with E-state index >= 15 is 0 Å². The van der Waals surface area contributed by atoms with Gasteiger partial charge in [0, 0.05) is 28.8 Å². The van der Waals surface area contributed by atoms with Crippen LogP contribution in [-0.4, -0.2) is 16.4 Å². The molecule has 1 aliphatic carbocycles. The van der Waals surface area contributed by atoms with Crippen LogP contribution in [0.15, 0.2) is 36.0 Å². The van der Waals surface area contributed by atoms with Crippen molar-refractivity contribution in [2.24, 2.45) is 17.8 Å². The number of fused-ring (bicyclic) bond motifs is 3. The summed E-state index contributed by atoms with van der Waals surface area (Å²) in [6.45, 7) is 8.31. The molecule has 4 unspecified atom stereocenters. The molecule has 24 heavy (non-hydrogen) atoms. The van der Waals surface area contributed by atoms with Crippen LogP contribution >= 0.6 is 0 Å². The maximum absolute atomic E-state index is 3.89. The average molecular weight is 320 g/mol. The fraction of sp³-hybridized carbons (Fsp3) is 0.545. The average Bonchev–Trinajstić information content (AvgIpc) is 3.20. The standard InChI is InChI=1S/C22H28N2/c1-4-15-12-19-16(5-2)14(3)13-22(19)21-18(10-11-24(15)22)17-8-6-7-9-20(17)23-21/h4,6-9,14,16,19,23H,5,10-13H2,1-3H3. The summed E-state index contributed by atoms with van der Waals surface area (Å²) in [5, 5.41) is 1.46. The number of hydrogen-bond donors (Lipinski definition) is 1. The molecule has 0 amide bonds. The Hall–Kier alpha value is -1.70. The van der Waals surface area contributed by atoms with Gasteiger partial charge < -0.3 is 9.88 Å². The lowest BCUT2D eigenvalue weighted by Crippen LogP contribution is -2.47. The number of aromatic amines is 1. The molecule has 1 N–H and O–H groups in total. The Morgan fingerprint density at radius 3 is 2.96 bits per heavy atom. The third kappa shape index (κ3) is 1.57.